The molecule has 0 aromatic rings. The zero-order chi connectivity index (χ0) is 38.7. The van der Waals surface area contributed by atoms with Crippen molar-refractivity contribution in [2.75, 3.05) is 13.2 Å². The van der Waals surface area contributed by atoms with Gasteiger partial charge >= 0.3 is 17.9 Å². The molecule has 0 rings (SSSR count). The van der Waals surface area contributed by atoms with Crippen LogP contribution in [-0.4, -0.2) is 37.2 Å². The number of carbonyl (C=O) groups is 3. The number of esters is 3. The van der Waals surface area contributed by atoms with E-state index in [9.17, 15) is 14.4 Å². The Morgan fingerprint density at radius 1 is 0.377 bits per heavy atom. The van der Waals surface area contributed by atoms with Crippen molar-refractivity contribution in [1.82, 2.24) is 0 Å². The molecule has 0 radical (unpaired) electrons. The highest BCUT2D eigenvalue weighted by molar-refractivity contribution is 5.71. The Bertz CT molecular complexity index is 907. The first-order valence-corrected chi connectivity index (χ1v) is 22.5. The van der Waals surface area contributed by atoms with Crippen LogP contribution in [0.2, 0.25) is 0 Å². The van der Waals surface area contributed by atoms with E-state index in [1.165, 1.54) is 109 Å². The topological polar surface area (TPSA) is 78.9 Å². The van der Waals surface area contributed by atoms with Crippen LogP contribution >= 0.6 is 0 Å². The van der Waals surface area contributed by atoms with Gasteiger partial charge in [0.05, 0.1) is 0 Å². The third-order valence-electron chi connectivity index (χ3n) is 9.65. The highest BCUT2D eigenvalue weighted by Crippen LogP contribution is 2.14. The van der Waals surface area contributed by atoms with E-state index in [0.717, 1.165) is 77.0 Å². The lowest BCUT2D eigenvalue weighted by atomic mass is 10.1. The number of rotatable bonds is 40. The maximum absolute atomic E-state index is 12.6. The number of hydrogen-bond acceptors (Lipinski definition) is 6. The van der Waals surface area contributed by atoms with Crippen LogP contribution in [0.4, 0.5) is 0 Å². The molecule has 0 saturated carbocycles. The molecule has 0 aliphatic carbocycles. The maximum Gasteiger partial charge on any atom is 0.306 e. The minimum absolute atomic E-state index is 0.0749. The third kappa shape index (κ3) is 40.6. The van der Waals surface area contributed by atoms with Crippen LogP contribution in [0, 0.1) is 0 Å². The normalized spacial score (nSPS) is 12.3. The first kappa shape index (κ1) is 50.6. The molecular weight excluding hydrogens is 661 g/mol. The minimum Gasteiger partial charge on any atom is -0.462 e. The lowest BCUT2D eigenvalue weighted by molar-refractivity contribution is -0.167. The molecule has 0 amide bonds. The Morgan fingerprint density at radius 2 is 0.679 bits per heavy atom. The standard InChI is InChI=1S/C47H84O6/c1-4-7-10-13-16-18-20-21-22-23-24-25-26-27-28-30-31-34-37-40-46(49)52-43-44(42-51-45(48)39-36-33-15-12-9-6-3)53-47(50)41-38-35-32-29-19-17-14-11-8-5-2/h16,18,21-22,24-25,44H,4-15,17,19-20,23,26-43H2,1-3H3/b18-16-,22-21-,25-24-. The fourth-order valence-corrected chi connectivity index (χ4v) is 6.21. The number of unbranched alkanes of at least 4 members (excludes halogenated alkanes) is 23. The van der Waals surface area contributed by atoms with Crippen molar-refractivity contribution >= 4 is 17.9 Å². The number of hydrogen-bond donors (Lipinski definition) is 0. The van der Waals surface area contributed by atoms with Crippen molar-refractivity contribution in [3.8, 4) is 0 Å². The number of allylic oxidation sites excluding steroid dienone is 6. The van der Waals surface area contributed by atoms with Gasteiger partial charge in [-0.15, -0.1) is 0 Å². The molecule has 0 N–H and O–H groups in total. The molecule has 0 aromatic carbocycles. The highest BCUT2D eigenvalue weighted by atomic mass is 16.6. The summed E-state index contributed by atoms with van der Waals surface area (Å²) in [4.78, 5) is 37.5. The summed E-state index contributed by atoms with van der Waals surface area (Å²) in [5.74, 6) is -0.898. The van der Waals surface area contributed by atoms with Crippen LogP contribution < -0.4 is 0 Å². The van der Waals surface area contributed by atoms with Crippen molar-refractivity contribution in [2.24, 2.45) is 0 Å². The van der Waals surface area contributed by atoms with Gasteiger partial charge in [0, 0.05) is 19.3 Å². The molecule has 53 heavy (non-hydrogen) atoms. The van der Waals surface area contributed by atoms with Gasteiger partial charge in [-0.3, -0.25) is 14.4 Å². The Kier molecular flexibility index (Phi) is 40.5. The van der Waals surface area contributed by atoms with Gasteiger partial charge in [-0.1, -0.05) is 186 Å². The van der Waals surface area contributed by atoms with E-state index in [4.69, 9.17) is 14.2 Å². The summed E-state index contributed by atoms with van der Waals surface area (Å²) in [6.45, 7) is 6.52. The summed E-state index contributed by atoms with van der Waals surface area (Å²) in [7, 11) is 0. The zero-order valence-corrected chi connectivity index (χ0v) is 35.0. The van der Waals surface area contributed by atoms with E-state index in [0.29, 0.717) is 19.3 Å². The lowest BCUT2D eigenvalue weighted by Crippen LogP contribution is -2.30. The average Bonchev–Trinajstić information content (AvgIpc) is 3.15. The Morgan fingerprint density at radius 3 is 1.09 bits per heavy atom. The van der Waals surface area contributed by atoms with Crippen molar-refractivity contribution in [2.45, 2.75) is 232 Å². The molecule has 0 bridgehead atoms. The fourth-order valence-electron chi connectivity index (χ4n) is 6.21. The molecule has 0 aliphatic rings. The van der Waals surface area contributed by atoms with Crippen LogP contribution in [-0.2, 0) is 28.6 Å². The van der Waals surface area contributed by atoms with E-state index in [2.05, 4.69) is 57.2 Å². The summed E-state index contributed by atoms with van der Waals surface area (Å²) in [6, 6.07) is 0. The van der Waals surface area contributed by atoms with Gasteiger partial charge in [0.1, 0.15) is 13.2 Å². The maximum atomic E-state index is 12.6. The Hall–Kier alpha value is -2.37. The molecule has 0 fully saturated rings. The summed E-state index contributed by atoms with van der Waals surface area (Å²) < 4.78 is 16.6. The summed E-state index contributed by atoms with van der Waals surface area (Å²) in [6.07, 6.45) is 47.2. The van der Waals surface area contributed by atoms with Gasteiger partial charge in [-0.25, -0.2) is 0 Å². The lowest BCUT2D eigenvalue weighted by Gasteiger charge is -2.18. The van der Waals surface area contributed by atoms with Crippen molar-refractivity contribution in [1.29, 1.82) is 0 Å². The predicted octanol–water partition coefficient (Wildman–Crippen LogP) is 14.2. The van der Waals surface area contributed by atoms with Crippen molar-refractivity contribution in [3.05, 3.63) is 36.5 Å². The van der Waals surface area contributed by atoms with Gasteiger partial charge in [0.2, 0.25) is 0 Å². The fraction of sp³-hybridized carbons (Fsp3) is 0.809. The molecule has 0 saturated heterocycles. The van der Waals surface area contributed by atoms with Crippen molar-refractivity contribution in [3.63, 3.8) is 0 Å². The molecule has 0 spiro atoms. The molecule has 1 unspecified atom stereocenters. The van der Waals surface area contributed by atoms with E-state index < -0.39 is 6.10 Å². The van der Waals surface area contributed by atoms with Gasteiger partial charge < -0.3 is 14.2 Å². The van der Waals surface area contributed by atoms with Crippen molar-refractivity contribution < 1.29 is 28.6 Å². The molecule has 0 aliphatic heterocycles. The van der Waals surface area contributed by atoms with Crippen LogP contribution in [0.5, 0.6) is 0 Å². The number of ether oxygens (including phenoxy) is 3. The van der Waals surface area contributed by atoms with E-state index in [1.54, 1.807) is 0 Å². The van der Waals surface area contributed by atoms with Crippen LogP contribution in [0.1, 0.15) is 226 Å². The van der Waals surface area contributed by atoms with Gasteiger partial charge in [0.25, 0.3) is 0 Å². The molecule has 0 aromatic heterocycles. The predicted molar refractivity (Wildman–Crippen MR) is 224 cm³/mol. The molecule has 1 atom stereocenters. The molecule has 308 valence electrons. The third-order valence-corrected chi connectivity index (χ3v) is 9.65. The first-order valence-electron chi connectivity index (χ1n) is 22.5. The summed E-state index contributed by atoms with van der Waals surface area (Å²) in [5.41, 5.74) is 0. The smallest absolute Gasteiger partial charge is 0.306 e. The quantitative estimate of drug-likeness (QED) is 0.0269. The Labute approximate surface area is 327 Å². The van der Waals surface area contributed by atoms with E-state index in [1.807, 2.05) is 0 Å². The summed E-state index contributed by atoms with van der Waals surface area (Å²) >= 11 is 0. The van der Waals surface area contributed by atoms with Gasteiger partial charge in [-0.2, -0.15) is 0 Å². The monoisotopic (exact) mass is 745 g/mol. The van der Waals surface area contributed by atoms with Crippen LogP contribution in [0.15, 0.2) is 36.5 Å². The number of carbonyl (C=O) groups excluding carboxylic acids is 3. The highest BCUT2D eigenvalue weighted by Gasteiger charge is 2.19. The molecule has 6 nitrogen and oxygen atoms in total. The SMILES string of the molecule is CCCCC/C=C\C/C=C\C/C=C\CCCCCCCCC(=O)OCC(COC(=O)CCCCCCCC)OC(=O)CCCCCCCCCCCC. The second kappa shape index (κ2) is 42.4. The Balaban J connectivity index is 4.23. The van der Waals surface area contributed by atoms with E-state index in [-0.39, 0.29) is 31.1 Å². The largest absolute Gasteiger partial charge is 0.462 e. The van der Waals surface area contributed by atoms with Crippen LogP contribution in [0.3, 0.4) is 0 Å². The first-order chi connectivity index (χ1) is 26.0. The summed E-state index contributed by atoms with van der Waals surface area (Å²) in [5, 5.41) is 0. The average molecular weight is 745 g/mol. The van der Waals surface area contributed by atoms with Gasteiger partial charge in [0.15, 0.2) is 6.10 Å². The second-order valence-corrected chi connectivity index (χ2v) is 15.0. The van der Waals surface area contributed by atoms with Crippen LogP contribution in [0.25, 0.3) is 0 Å². The molecule has 6 heteroatoms. The second-order valence-electron chi connectivity index (χ2n) is 15.0. The molecular formula is C47H84O6. The van der Waals surface area contributed by atoms with E-state index >= 15 is 0 Å². The molecule has 0 heterocycles. The minimum atomic E-state index is -0.768. The zero-order valence-electron chi connectivity index (χ0n) is 35.0. The van der Waals surface area contributed by atoms with Gasteiger partial charge in [-0.05, 0) is 57.8 Å².